The van der Waals surface area contributed by atoms with Crippen LogP contribution in [-0.2, 0) is 11.8 Å². The first-order chi connectivity index (χ1) is 6.45. The highest BCUT2D eigenvalue weighted by molar-refractivity contribution is 5.15. The average Bonchev–Trinajstić information content (AvgIpc) is 2.02. The van der Waals surface area contributed by atoms with E-state index in [4.69, 9.17) is 5.73 Å². The van der Waals surface area contributed by atoms with E-state index in [1.54, 1.807) is 6.20 Å². The predicted molar refractivity (Wildman–Crippen MR) is 56.3 cm³/mol. The van der Waals surface area contributed by atoms with Crippen LogP contribution in [0.1, 0.15) is 32.2 Å². The van der Waals surface area contributed by atoms with Gasteiger partial charge in [0.05, 0.1) is 0 Å². The van der Waals surface area contributed by atoms with Crippen molar-refractivity contribution in [3.05, 3.63) is 27.9 Å². The number of nitrogens with zero attached hydrogens (tertiary/aromatic N) is 1. The summed E-state index contributed by atoms with van der Waals surface area (Å²) in [5.41, 5.74) is 5.85. The molecule has 1 aromatic heterocycles. The molecule has 1 heterocycles. The third-order valence-electron chi connectivity index (χ3n) is 2.04. The molecule has 0 radical (unpaired) electrons. The number of nitrogens with one attached hydrogen (secondary N) is 1. The van der Waals surface area contributed by atoms with Gasteiger partial charge in [-0.15, -0.1) is 0 Å². The molecular weight excluding hydrogens is 178 g/mol. The second-order valence-corrected chi connectivity index (χ2v) is 4.36. The van der Waals surface area contributed by atoms with Crippen LogP contribution in [0, 0.1) is 0 Å². The molecular formula is C10H17N3O. The lowest BCUT2D eigenvalue weighted by Gasteiger charge is -2.16. The van der Waals surface area contributed by atoms with E-state index in [-0.39, 0.29) is 11.0 Å². The first-order valence-corrected chi connectivity index (χ1v) is 4.74. The number of aromatic nitrogens is 2. The van der Waals surface area contributed by atoms with Gasteiger partial charge in [-0.25, -0.2) is 4.98 Å². The summed E-state index contributed by atoms with van der Waals surface area (Å²) in [6.07, 6.45) is 2.25. The van der Waals surface area contributed by atoms with Crippen LogP contribution in [-0.4, -0.2) is 16.5 Å². The molecule has 4 nitrogen and oxygen atoms in total. The lowest BCUT2D eigenvalue weighted by Crippen LogP contribution is -2.26. The van der Waals surface area contributed by atoms with E-state index in [9.17, 15) is 4.79 Å². The van der Waals surface area contributed by atoms with Crippen LogP contribution < -0.4 is 11.3 Å². The maximum absolute atomic E-state index is 11.6. The summed E-state index contributed by atoms with van der Waals surface area (Å²) in [7, 11) is 0. The third kappa shape index (κ3) is 2.42. The van der Waals surface area contributed by atoms with Gasteiger partial charge in [-0.2, -0.15) is 0 Å². The molecule has 0 aliphatic carbocycles. The Kier molecular flexibility index (Phi) is 3.06. The second-order valence-electron chi connectivity index (χ2n) is 4.36. The van der Waals surface area contributed by atoms with Gasteiger partial charge in [0.25, 0.3) is 5.56 Å². The lowest BCUT2D eigenvalue weighted by atomic mass is 9.89. The molecule has 0 aliphatic rings. The van der Waals surface area contributed by atoms with E-state index in [1.807, 2.05) is 20.8 Å². The normalized spacial score (nSPS) is 11.7. The summed E-state index contributed by atoms with van der Waals surface area (Å²) in [6.45, 7) is 6.46. The molecule has 4 heteroatoms. The van der Waals surface area contributed by atoms with Crippen molar-refractivity contribution in [1.82, 2.24) is 9.97 Å². The van der Waals surface area contributed by atoms with E-state index in [0.29, 0.717) is 24.4 Å². The van der Waals surface area contributed by atoms with Crippen LogP contribution in [0.15, 0.2) is 11.0 Å². The number of hydrogen-bond donors (Lipinski definition) is 2. The quantitative estimate of drug-likeness (QED) is 0.724. The van der Waals surface area contributed by atoms with Crippen LogP contribution in [0.2, 0.25) is 0 Å². The molecule has 0 saturated heterocycles. The van der Waals surface area contributed by atoms with Crippen LogP contribution in [0.25, 0.3) is 0 Å². The van der Waals surface area contributed by atoms with E-state index in [0.717, 1.165) is 0 Å². The fourth-order valence-electron chi connectivity index (χ4n) is 1.23. The Balaban J connectivity index is 3.09. The molecule has 0 unspecified atom stereocenters. The van der Waals surface area contributed by atoms with Gasteiger partial charge in [0.15, 0.2) is 0 Å². The van der Waals surface area contributed by atoms with Crippen LogP contribution >= 0.6 is 0 Å². The molecule has 0 spiro atoms. The fourth-order valence-corrected chi connectivity index (χ4v) is 1.23. The Morgan fingerprint density at radius 2 is 2.14 bits per heavy atom. The smallest absolute Gasteiger partial charge is 0.254 e. The van der Waals surface area contributed by atoms with E-state index >= 15 is 0 Å². The topological polar surface area (TPSA) is 71.8 Å². The molecule has 0 aliphatic heterocycles. The average molecular weight is 195 g/mol. The zero-order valence-corrected chi connectivity index (χ0v) is 8.92. The zero-order chi connectivity index (χ0) is 10.8. The summed E-state index contributed by atoms with van der Waals surface area (Å²) in [4.78, 5) is 18.5. The molecule has 1 aromatic rings. The molecule has 14 heavy (non-hydrogen) atoms. The predicted octanol–water partition coefficient (Wildman–Crippen LogP) is 0.569. The highest BCUT2D eigenvalue weighted by Gasteiger charge is 2.17. The third-order valence-corrected chi connectivity index (χ3v) is 2.04. The Labute approximate surface area is 83.6 Å². The molecule has 0 fully saturated rings. The minimum Gasteiger partial charge on any atom is -0.330 e. The summed E-state index contributed by atoms with van der Waals surface area (Å²) < 4.78 is 0. The molecule has 0 amide bonds. The molecule has 78 valence electrons. The van der Waals surface area contributed by atoms with Gasteiger partial charge in [-0.05, 0) is 12.0 Å². The molecule has 0 saturated carbocycles. The van der Waals surface area contributed by atoms with Crippen LogP contribution in [0.5, 0.6) is 0 Å². The maximum Gasteiger partial charge on any atom is 0.254 e. The molecule has 3 N–H and O–H groups in total. The standard InChI is InChI=1S/C10H17N3O/c1-10(2,3)7-6-12-8(4-5-11)13-9(7)14/h6H,4-5,11H2,1-3H3,(H,12,13,14). The van der Waals surface area contributed by atoms with Gasteiger partial charge in [0, 0.05) is 18.2 Å². The van der Waals surface area contributed by atoms with Crippen molar-refractivity contribution in [3.8, 4) is 0 Å². The lowest BCUT2D eigenvalue weighted by molar-refractivity contribution is 0.575. The van der Waals surface area contributed by atoms with E-state index < -0.39 is 0 Å². The van der Waals surface area contributed by atoms with Crippen molar-refractivity contribution in [3.63, 3.8) is 0 Å². The number of rotatable bonds is 2. The van der Waals surface area contributed by atoms with Crippen molar-refractivity contribution in [1.29, 1.82) is 0 Å². The number of nitrogens with two attached hydrogens (primary N) is 1. The summed E-state index contributed by atoms with van der Waals surface area (Å²) >= 11 is 0. The van der Waals surface area contributed by atoms with Crippen LogP contribution in [0.3, 0.4) is 0 Å². The second kappa shape index (κ2) is 3.92. The summed E-state index contributed by atoms with van der Waals surface area (Å²) in [5, 5.41) is 0. The molecule has 0 aromatic carbocycles. The van der Waals surface area contributed by atoms with E-state index in [1.165, 1.54) is 0 Å². The van der Waals surface area contributed by atoms with Gasteiger partial charge < -0.3 is 10.7 Å². The van der Waals surface area contributed by atoms with Gasteiger partial charge in [0.1, 0.15) is 5.82 Å². The number of aromatic amines is 1. The number of hydrogen-bond acceptors (Lipinski definition) is 3. The first-order valence-electron chi connectivity index (χ1n) is 4.74. The van der Waals surface area contributed by atoms with E-state index in [2.05, 4.69) is 9.97 Å². The van der Waals surface area contributed by atoms with Crippen molar-refractivity contribution >= 4 is 0 Å². The fraction of sp³-hybridized carbons (Fsp3) is 0.600. The highest BCUT2D eigenvalue weighted by Crippen LogP contribution is 2.16. The summed E-state index contributed by atoms with van der Waals surface area (Å²) in [6, 6.07) is 0. The van der Waals surface area contributed by atoms with Crippen LogP contribution in [0.4, 0.5) is 0 Å². The Morgan fingerprint density at radius 3 is 2.57 bits per heavy atom. The highest BCUT2D eigenvalue weighted by atomic mass is 16.1. The minimum atomic E-state index is -0.165. The zero-order valence-electron chi connectivity index (χ0n) is 8.92. The molecule has 0 atom stereocenters. The summed E-state index contributed by atoms with van der Waals surface area (Å²) in [5.74, 6) is 0.658. The van der Waals surface area contributed by atoms with Gasteiger partial charge >= 0.3 is 0 Å². The molecule has 1 rings (SSSR count). The van der Waals surface area contributed by atoms with Gasteiger partial charge in [-0.3, -0.25) is 4.79 Å². The molecule has 0 bridgehead atoms. The maximum atomic E-state index is 11.6. The van der Waals surface area contributed by atoms with Crippen molar-refractivity contribution < 1.29 is 0 Å². The Morgan fingerprint density at radius 1 is 1.50 bits per heavy atom. The largest absolute Gasteiger partial charge is 0.330 e. The van der Waals surface area contributed by atoms with Gasteiger partial charge in [-0.1, -0.05) is 20.8 Å². The SMILES string of the molecule is CC(C)(C)c1cnc(CCN)[nH]c1=O. The Bertz CT molecular complexity index is 362. The Hall–Kier alpha value is -1.16. The first kappa shape index (κ1) is 10.9. The van der Waals surface area contributed by atoms with Crippen molar-refractivity contribution in [2.75, 3.05) is 6.54 Å². The van der Waals surface area contributed by atoms with Crippen molar-refractivity contribution in [2.45, 2.75) is 32.6 Å². The monoisotopic (exact) mass is 195 g/mol. The van der Waals surface area contributed by atoms with Crippen molar-refractivity contribution in [2.24, 2.45) is 5.73 Å². The number of H-pyrrole nitrogens is 1. The van der Waals surface area contributed by atoms with Gasteiger partial charge in [0.2, 0.25) is 0 Å². The minimum absolute atomic E-state index is 0.0593.